The molecular weight excluding hydrogens is 294 g/mol. The molecule has 1 aromatic carbocycles. The topological polar surface area (TPSA) is 94.5 Å². The lowest BCUT2D eigenvalue weighted by atomic mass is 10.2. The number of aromatic nitrogens is 3. The zero-order chi connectivity index (χ0) is 16.6. The van der Waals surface area contributed by atoms with Gasteiger partial charge in [0.15, 0.2) is 11.5 Å². The number of nitrogens with two attached hydrogens (primary N) is 1. The van der Waals surface area contributed by atoms with Gasteiger partial charge in [-0.1, -0.05) is 0 Å². The maximum absolute atomic E-state index is 11.9. The number of rotatable bonds is 4. The molecule has 0 aliphatic rings. The van der Waals surface area contributed by atoms with Gasteiger partial charge in [0.05, 0.1) is 7.11 Å². The van der Waals surface area contributed by atoms with Gasteiger partial charge in [-0.25, -0.2) is 9.50 Å². The molecule has 0 fully saturated rings. The predicted molar refractivity (Wildman–Crippen MR) is 87.3 cm³/mol. The third kappa shape index (κ3) is 2.68. The van der Waals surface area contributed by atoms with Gasteiger partial charge in [-0.15, -0.1) is 5.10 Å². The summed E-state index contributed by atoms with van der Waals surface area (Å²) < 4.78 is 6.74. The largest absolute Gasteiger partial charge is 0.497 e. The van der Waals surface area contributed by atoms with Gasteiger partial charge in [0.25, 0.3) is 5.91 Å². The van der Waals surface area contributed by atoms with Crippen LogP contribution in [-0.2, 0) is 0 Å². The molecule has 0 spiro atoms. The summed E-state index contributed by atoms with van der Waals surface area (Å²) in [5.74, 6) is 0.547. The molecule has 3 rings (SSSR count). The first-order valence-electron chi connectivity index (χ1n) is 7.07. The fourth-order valence-corrected chi connectivity index (χ4v) is 2.45. The molecule has 0 radical (unpaired) electrons. The number of hydrogen-bond donors (Lipinski definition) is 2. The van der Waals surface area contributed by atoms with Crippen LogP contribution in [0.4, 0.5) is 11.5 Å². The number of carbonyl (C=O) groups excluding carboxylic acids is 1. The van der Waals surface area contributed by atoms with E-state index in [1.54, 1.807) is 11.6 Å². The Morgan fingerprint density at radius 3 is 2.57 bits per heavy atom. The summed E-state index contributed by atoms with van der Waals surface area (Å²) in [7, 11) is 1.60. The quantitative estimate of drug-likeness (QED) is 0.770. The molecule has 23 heavy (non-hydrogen) atoms. The van der Waals surface area contributed by atoms with E-state index in [-0.39, 0.29) is 5.56 Å². The number of methoxy groups -OCH3 is 1. The maximum Gasteiger partial charge on any atom is 0.256 e. The smallest absolute Gasteiger partial charge is 0.256 e. The number of ether oxygens (including phenoxy) is 1. The highest BCUT2D eigenvalue weighted by atomic mass is 16.5. The average molecular weight is 311 g/mol. The van der Waals surface area contributed by atoms with E-state index in [0.717, 1.165) is 22.8 Å². The van der Waals surface area contributed by atoms with Crippen molar-refractivity contribution < 1.29 is 9.53 Å². The molecule has 2 aromatic heterocycles. The van der Waals surface area contributed by atoms with Crippen molar-refractivity contribution in [1.82, 2.24) is 14.6 Å². The van der Waals surface area contributed by atoms with Crippen molar-refractivity contribution in [2.24, 2.45) is 5.73 Å². The van der Waals surface area contributed by atoms with Crippen LogP contribution in [0.15, 0.2) is 30.3 Å². The van der Waals surface area contributed by atoms with Gasteiger partial charge in [0.1, 0.15) is 11.3 Å². The lowest BCUT2D eigenvalue weighted by Gasteiger charge is -2.05. The van der Waals surface area contributed by atoms with Crippen molar-refractivity contribution in [3.8, 4) is 5.75 Å². The van der Waals surface area contributed by atoms with Crippen LogP contribution < -0.4 is 15.8 Å². The van der Waals surface area contributed by atoms with E-state index in [4.69, 9.17) is 10.5 Å². The van der Waals surface area contributed by atoms with E-state index in [1.165, 1.54) is 0 Å². The number of fused-ring (bicyclic) bond motifs is 1. The molecule has 3 aromatic rings. The van der Waals surface area contributed by atoms with E-state index in [2.05, 4.69) is 15.4 Å². The number of carbonyl (C=O) groups is 1. The van der Waals surface area contributed by atoms with Gasteiger partial charge in [-0.2, -0.15) is 0 Å². The number of amides is 1. The van der Waals surface area contributed by atoms with E-state index < -0.39 is 5.91 Å². The van der Waals surface area contributed by atoms with Gasteiger partial charge in [0.2, 0.25) is 0 Å². The van der Waals surface area contributed by atoms with Crippen molar-refractivity contribution >= 4 is 23.1 Å². The summed E-state index contributed by atoms with van der Waals surface area (Å²) in [6, 6.07) is 9.19. The summed E-state index contributed by atoms with van der Waals surface area (Å²) in [5.41, 5.74) is 8.70. The minimum absolute atomic E-state index is 0.271. The molecule has 2 heterocycles. The molecule has 3 N–H and O–H groups in total. The highest BCUT2D eigenvalue weighted by Crippen LogP contribution is 2.25. The first-order valence-corrected chi connectivity index (χ1v) is 7.07. The van der Waals surface area contributed by atoms with Crippen LogP contribution in [0.3, 0.4) is 0 Å². The lowest BCUT2D eigenvalue weighted by Crippen LogP contribution is -2.13. The number of hydrogen-bond acceptors (Lipinski definition) is 5. The highest BCUT2D eigenvalue weighted by Gasteiger charge is 2.20. The van der Waals surface area contributed by atoms with E-state index in [1.807, 2.05) is 44.2 Å². The Bertz CT molecular complexity index is 884. The molecule has 0 bridgehead atoms. The summed E-state index contributed by atoms with van der Waals surface area (Å²) in [4.78, 5) is 16.3. The number of nitrogens with zero attached hydrogens (tertiary/aromatic N) is 3. The van der Waals surface area contributed by atoms with Crippen molar-refractivity contribution in [3.63, 3.8) is 0 Å². The van der Waals surface area contributed by atoms with Crippen molar-refractivity contribution in [1.29, 1.82) is 0 Å². The number of anilines is 2. The number of primary amides is 1. The van der Waals surface area contributed by atoms with Crippen molar-refractivity contribution in [3.05, 3.63) is 47.3 Å². The van der Waals surface area contributed by atoms with Crippen LogP contribution >= 0.6 is 0 Å². The molecule has 7 nitrogen and oxygen atoms in total. The molecule has 0 aliphatic carbocycles. The zero-order valence-electron chi connectivity index (χ0n) is 13.1. The molecule has 0 unspecified atom stereocenters. The molecule has 0 saturated carbocycles. The minimum atomic E-state index is -0.575. The molecule has 7 heteroatoms. The molecule has 1 amide bonds. The van der Waals surface area contributed by atoms with Crippen LogP contribution in [-0.4, -0.2) is 27.6 Å². The fourth-order valence-electron chi connectivity index (χ4n) is 2.45. The molecule has 0 aliphatic heterocycles. The Morgan fingerprint density at radius 1 is 1.26 bits per heavy atom. The molecule has 0 atom stereocenters. The van der Waals surface area contributed by atoms with Crippen LogP contribution in [0.5, 0.6) is 5.75 Å². The molecule has 118 valence electrons. The fraction of sp³-hybridized carbons (Fsp3) is 0.188. The Labute approximate surface area is 133 Å². The summed E-state index contributed by atoms with van der Waals surface area (Å²) >= 11 is 0. The molecule has 0 saturated heterocycles. The predicted octanol–water partition coefficient (Wildman–Crippen LogP) is 2.20. The summed E-state index contributed by atoms with van der Waals surface area (Å²) in [5, 5.41) is 7.54. The minimum Gasteiger partial charge on any atom is -0.497 e. The van der Waals surface area contributed by atoms with Crippen molar-refractivity contribution in [2.45, 2.75) is 13.8 Å². The van der Waals surface area contributed by atoms with Crippen LogP contribution in [0.25, 0.3) is 5.65 Å². The van der Waals surface area contributed by atoms with E-state index >= 15 is 0 Å². The number of aryl methyl sites for hydroxylation is 2. The SMILES string of the molecule is COc1ccc(Nc2nn3c(C)cc(C)nc3c2C(N)=O)cc1. The van der Waals surface area contributed by atoms with Gasteiger partial charge >= 0.3 is 0 Å². The first-order chi connectivity index (χ1) is 11.0. The van der Waals surface area contributed by atoms with Crippen molar-refractivity contribution in [2.75, 3.05) is 12.4 Å². The number of benzene rings is 1. The van der Waals surface area contributed by atoms with Gasteiger partial charge in [-0.3, -0.25) is 4.79 Å². The van der Waals surface area contributed by atoms with Crippen LogP contribution in [0, 0.1) is 13.8 Å². The normalized spacial score (nSPS) is 10.7. The summed E-state index contributed by atoms with van der Waals surface area (Å²) in [6.45, 7) is 3.76. The molecular formula is C16H17N5O2. The van der Waals surface area contributed by atoms with Gasteiger partial charge in [0, 0.05) is 17.1 Å². The Morgan fingerprint density at radius 2 is 1.96 bits per heavy atom. The second kappa shape index (κ2) is 5.60. The third-order valence-corrected chi connectivity index (χ3v) is 3.49. The third-order valence-electron chi connectivity index (χ3n) is 3.49. The van der Waals surface area contributed by atoms with Gasteiger partial charge in [-0.05, 0) is 44.2 Å². The Hall–Kier alpha value is -3.09. The van der Waals surface area contributed by atoms with Crippen LogP contribution in [0.2, 0.25) is 0 Å². The average Bonchev–Trinajstić information content (AvgIpc) is 2.86. The van der Waals surface area contributed by atoms with Crippen LogP contribution in [0.1, 0.15) is 21.7 Å². The Kier molecular flexibility index (Phi) is 3.61. The second-order valence-corrected chi connectivity index (χ2v) is 5.22. The highest BCUT2D eigenvalue weighted by molar-refractivity contribution is 6.04. The van der Waals surface area contributed by atoms with E-state index in [9.17, 15) is 4.79 Å². The van der Waals surface area contributed by atoms with Gasteiger partial charge < -0.3 is 15.8 Å². The first kappa shape index (κ1) is 14.8. The second-order valence-electron chi connectivity index (χ2n) is 5.22. The van der Waals surface area contributed by atoms with E-state index in [0.29, 0.717) is 11.5 Å². The summed E-state index contributed by atoms with van der Waals surface area (Å²) in [6.07, 6.45) is 0. The zero-order valence-corrected chi connectivity index (χ0v) is 13.1. The lowest BCUT2D eigenvalue weighted by molar-refractivity contribution is 0.100. The standard InChI is InChI=1S/C16H17N5O2/c1-9-8-10(2)21-16(18-9)13(14(17)22)15(20-21)19-11-4-6-12(23-3)7-5-11/h4-8H,1-3H3,(H2,17,22)(H,19,20). The number of nitrogens with one attached hydrogen (secondary N) is 1. The maximum atomic E-state index is 11.9. The Balaban J connectivity index is 2.10. The monoisotopic (exact) mass is 311 g/mol.